The third-order valence-electron chi connectivity index (χ3n) is 5.94. The molecule has 1 saturated heterocycles. The summed E-state index contributed by atoms with van der Waals surface area (Å²) in [6, 6.07) is 9.00. The number of benzene rings is 1. The van der Waals surface area contributed by atoms with Gasteiger partial charge in [-0.15, -0.1) is 35.3 Å². The minimum Gasteiger partial charge on any atom is -0.357 e. The molecule has 32 heavy (non-hydrogen) atoms. The summed E-state index contributed by atoms with van der Waals surface area (Å²) in [4.78, 5) is 16.4. The van der Waals surface area contributed by atoms with Gasteiger partial charge in [0.05, 0.1) is 18.1 Å². The highest BCUT2D eigenvalue weighted by atomic mass is 127. The molecule has 4 rings (SSSR count). The van der Waals surface area contributed by atoms with Gasteiger partial charge in [0.2, 0.25) is 0 Å². The number of hydrogen-bond acceptors (Lipinski definition) is 4. The number of piperidine rings is 1. The fourth-order valence-electron chi connectivity index (χ4n) is 4.05. The molecule has 0 aliphatic carbocycles. The van der Waals surface area contributed by atoms with E-state index in [1.807, 2.05) is 12.5 Å². The summed E-state index contributed by atoms with van der Waals surface area (Å²) in [5.41, 5.74) is 3.57. The van der Waals surface area contributed by atoms with E-state index in [2.05, 4.69) is 76.4 Å². The van der Waals surface area contributed by atoms with Crippen LogP contribution in [-0.2, 0) is 6.42 Å². The first kappa shape index (κ1) is 24.7. The molecule has 1 aliphatic heterocycles. The quantitative estimate of drug-likeness (QED) is 0.260. The number of hydrogen-bond donors (Lipinski definition) is 1. The van der Waals surface area contributed by atoms with Crippen LogP contribution >= 0.6 is 35.3 Å². The van der Waals surface area contributed by atoms with E-state index in [9.17, 15) is 0 Å². The highest BCUT2D eigenvalue weighted by Gasteiger charge is 2.28. The normalized spacial score (nSPS) is 19.0. The average molecular weight is 565 g/mol. The topological polar surface area (TPSA) is 58.3 Å². The maximum absolute atomic E-state index is 4.94. The maximum atomic E-state index is 4.94. The number of aromatic nitrogens is 3. The van der Waals surface area contributed by atoms with Crippen LogP contribution in [0.3, 0.4) is 0 Å². The number of guanidine groups is 1. The van der Waals surface area contributed by atoms with Gasteiger partial charge in [0.25, 0.3) is 0 Å². The van der Waals surface area contributed by atoms with Crippen molar-refractivity contribution in [1.82, 2.24) is 24.8 Å². The highest BCUT2D eigenvalue weighted by Crippen LogP contribution is 2.27. The lowest BCUT2D eigenvalue weighted by molar-refractivity contribution is 0.189. The van der Waals surface area contributed by atoms with E-state index >= 15 is 0 Å². The summed E-state index contributed by atoms with van der Waals surface area (Å²) in [5, 5.41) is 6.73. The molecule has 1 aromatic carbocycles. The van der Waals surface area contributed by atoms with E-state index in [1.165, 1.54) is 11.1 Å². The van der Waals surface area contributed by atoms with E-state index in [4.69, 9.17) is 9.98 Å². The van der Waals surface area contributed by atoms with Gasteiger partial charge in [-0.05, 0) is 26.2 Å². The Hall–Kier alpha value is -1.94. The lowest BCUT2D eigenvalue weighted by atomic mass is 9.93. The lowest BCUT2D eigenvalue weighted by Gasteiger charge is -2.39. The smallest absolute Gasteiger partial charge is 0.193 e. The van der Waals surface area contributed by atoms with E-state index in [-0.39, 0.29) is 24.0 Å². The van der Waals surface area contributed by atoms with Crippen molar-refractivity contribution < 1.29 is 0 Å². The molecule has 2 aromatic heterocycles. The number of nitrogens with one attached hydrogen (secondary N) is 1. The second-order valence-corrected chi connectivity index (χ2v) is 9.14. The Morgan fingerprint density at radius 2 is 2.09 bits per heavy atom. The molecule has 3 heterocycles. The van der Waals surface area contributed by atoms with Crippen molar-refractivity contribution in [2.75, 3.05) is 26.2 Å². The maximum Gasteiger partial charge on any atom is 0.193 e. The van der Waals surface area contributed by atoms with Gasteiger partial charge in [-0.25, -0.2) is 9.97 Å². The number of rotatable bonds is 6. The summed E-state index contributed by atoms with van der Waals surface area (Å²) < 4.78 is 2.24. The molecule has 2 atom stereocenters. The fraction of sp³-hybridized carbons (Fsp3) is 0.458. The van der Waals surface area contributed by atoms with Crippen LogP contribution < -0.4 is 5.32 Å². The Morgan fingerprint density at radius 3 is 2.81 bits per heavy atom. The van der Waals surface area contributed by atoms with Gasteiger partial charge in [0.1, 0.15) is 5.01 Å². The van der Waals surface area contributed by atoms with Crippen LogP contribution in [0.5, 0.6) is 0 Å². The van der Waals surface area contributed by atoms with Crippen molar-refractivity contribution in [3.63, 3.8) is 0 Å². The molecular formula is C24H33IN6S. The minimum atomic E-state index is 0. The van der Waals surface area contributed by atoms with Crippen molar-refractivity contribution in [2.45, 2.75) is 39.7 Å². The number of likely N-dealkylation sites (tertiary alicyclic amines) is 1. The molecule has 1 aliphatic rings. The van der Waals surface area contributed by atoms with Crippen LogP contribution in [-0.4, -0.2) is 51.6 Å². The average Bonchev–Trinajstić information content (AvgIpc) is 3.47. The Labute approximate surface area is 212 Å². The Kier molecular flexibility index (Phi) is 9.10. The third kappa shape index (κ3) is 6.10. The fourth-order valence-corrected chi connectivity index (χ4v) is 4.91. The van der Waals surface area contributed by atoms with Gasteiger partial charge < -0.3 is 14.8 Å². The van der Waals surface area contributed by atoms with E-state index in [0.29, 0.717) is 12.0 Å². The van der Waals surface area contributed by atoms with E-state index in [1.54, 1.807) is 11.3 Å². The number of nitrogens with zero attached hydrogens (tertiary/aromatic N) is 5. The predicted octanol–water partition coefficient (Wildman–Crippen LogP) is 5.02. The molecule has 0 bridgehead atoms. The van der Waals surface area contributed by atoms with Crippen molar-refractivity contribution in [2.24, 2.45) is 10.9 Å². The zero-order chi connectivity index (χ0) is 21.6. The number of aryl methyl sites for hydroxylation is 1. The monoisotopic (exact) mass is 564 g/mol. The van der Waals surface area contributed by atoms with Gasteiger partial charge in [-0.1, -0.05) is 36.8 Å². The zero-order valence-corrected chi connectivity index (χ0v) is 22.2. The van der Waals surface area contributed by atoms with Crippen molar-refractivity contribution >= 4 is 41.3 Å². The van der Waals surface area contributed by atoms with E-state index < -0.39 is 0 Å². The third-order valence-corrected chi connectivity index (χ3v) is 6.88. The zero-order valence-electron chi connectivity index (χ0n) is 19.1. The summed E-state index contributed by atoms with van der Waals surface area (Å²) in [5.74, 6) is 1.64. The number of imidazole rings is 1. The predicted molar refractivity (Wildman–Crippen MR) is 144 cm³/mol. The molecule has 8 heteroatoms. The van der Waals surface area contributed by atoms with Crippen LogP contribution in [0.15, 0.2) is 53.4 Å². The van der Waals surface area contributed by atoms with Gasteiger partial charge >= 0.3 is 0 Å². The molecule has 172 valence electrons. The lowest BCUT2D eigenvalue weighted by Crippen LogP contribution is -2.49. The standard InChI is InChI=1S/C24H32N6S.HI/c1-4-26-24(29-13-10-19(3)22(15-29)30-14-12-25-17-30)27-11-9-21-16-31-23(28-21)20-7-5-18(2)6-8-20;/h5-8,12,14,16-17,19,22H,4,9-11,13,15H2,1-3H3,(H,26,27);1H. The molecule has 0 amide bonds. The van der Waals surface area contributed by atoms with Crippen LogP contribution in [0.25, 0.3) is 10.6 Å². The Morgan fingerprint density at radius 1 is 1.28 bits per heavy atom. The largest absolute Gasteiger partial charge is 0.357 e. The molecule has 1 N–H and O–H groups in total. The number of aliphatic imine (C=N–C) groups is 1. The molecule has 2 unspecified atom stereocenters. The van der Waals surface area contributed by atoms with Crippen LogP contribution in [0, 0.1) is 12.8 Å². The summed E-state index contributed by atoms with van der Waals surface area (Å²) >= 11 is 1.71. The highest BCUT2D eigenvalue weighted by molar-refractivity contribution is 14.0. The van der Waals surface area contributed by atoms with E-state index in [0.717, 1.165) is 55.7 Å². The second-order valence-electron chi connectivity index (χ2n) is 8.28. The molecule has 0 radical (unpaired) electrons. The SMILES string of the molecule is CCNC(=NCCc1csc(-c2ccc(C)cc2)n1)N1CCC(C)C(n2ccnc2)C1.I. The number of halogens is 1. The summed E-state index contributed by atoms with van der Waals surface area (Å²) in [7, 11) is 0. The Bertz CT molecular complexity index is 982. The molecule has 6 nitrogen and oxygen atoms in total. The van der Waals surface area contributed by atoms with Gasteiger partial charge in [-0.3, -0.25) is 4.99 Å². The van der Waals surface area contributed by atoms with Gasteiger partial charge in [-0.2, -0.15) is 0 Å². The van der Waals surface area contributed by atoms with Gasteiger partial charge in [0.15, 0.2) is 5.96 Å². The van der Waals surface area contributed by atoms with Crippen molar-refractivity contribution in [3.05, 3.63) is 59.6 Å². The molecule has 3 aromatic rings. The first-order valence-electron chi connectivity index (χ1n) is 11.2. The van der Waals surface area contributed by atoms with Gasteiger partial charge in [0, 0.05) is 55.9 Å². The summed E-state index contributed by atoms with van der Waals surface area (Å²) in [6.07, 6.45) is 7.88. The van der Waals surface area contributed by atoms with Crippen molar-refractivity contribution in [3.8, 4) is 10.6 Å². The number of thiazole rings is 1. The molecule has 0 saturated carbocycles. The summed E-state index contributed by atoms with van der Waals surface area (Å²) in [6.45, 7) is 10.2. The molecule has 1 fully saturated rings. The minimum absolute atomic E-state index is 0. The Balaban J connectivity index is 0.00000289. The van der Waals surface area contributed by atoms with Crippen molar-refractivity contribution in [1.29, 1.82) is 0 Å². The molecular weight excluding hydrogens is 531 g/mol. The van der Waals surface area contributed by atoms with Crippen LogP contribution in [0.2, 0.25) is 0 Å². The first-order chi connectivity index (χ1) is 15.1. The van der Waals surface area contributed by atoms with Crippen LogP contribution in [0.4, 0.5) is 0 Å². The van der Waals surface area contributed by atoms with Crippen LogP contribution in [0.1, 0.15) is 37.6 Å². The molecule has 0 spiro atoms. The second kappa shape index (κ2) is 11.8. The first-order valence-corrected chi connectivity index (χ1v) is 12.0.